The molecule has 0 aliphatic heterocycles. The Balaban J connectivity index is 2.23. The number of rotatable bonds is 2. The fourth-order valence-electron chi connectivity index (χ4n) is 0.908. The van der Waals surface area contributed by atoms with E-state index in [2.05, 4.69) is 35.9 Å². The molecule has 16 heavy (non-hydrogen) atoms. The molecular formula is C8H5BrClN5S. The minimum Gasteiger partial charge on any atom is -0.368 e. The SMILES string of the molecule is Nc1nc(Cl)nc(Sc2ccc(Br)cn2)n1. The Morgan fingerprint density at radius 1 is 1.25 bits per heavy atom. The van der Waals surface area contributed by atoms with Crippen LogP contribution in [0, 0.1) is 0 Å². The van der Waals surface area contributed by atoms with Crippen molar-refractivity contribution in [3.05, 3.63) is 28.1 Å². The van der Waals surface area contributed by atoms with Crippen LogP contribution in [-0.4, -0.2) is 19.9 Å². The molecule has 0 bridgehead atoms. The van der Waals surface area contributed by atoms with Crippen molar-refractivity contribution in [3.8, 4) is 0 Å². The van der Waals surface area contributed by atoms with Gasteiger partial charge in [0.15, 0.2) is 5.16 Å². The highest BCUT2D eigenvalue weighted by molar-refractivity contribution is 9.10. The van der Waals surface area contributed by atoms with Crippen molar-refractivity contribution >= 4 is 45.2 Å². The molecule has 2 aromatic heterocycles. The largest absolute Gasteiger partial charge is 0.368 e. The minimum atomic E-state index is 0.0760. The van der Waals surface area contributed by atoms with E-state index in [0.29, 0.717) is 5.16 Å². The van der Waals surface area contributed by atoms with Gasteiger partial charge < -0.3 is 5.73 Å². The second-order valence-corrected chi connectivity index (χ2v) is 4.90. The topological polar surface area (TPSA) is 77.6 Å². The number of nitrogen functional groups attached to an aromatic ring is 1. The van der Waals surface area contributed by atoms with Crippen molar-refractivity contribution in [3.63, 3.8) is 0 Å². The number of halogens is 2. The highest BCUT2D eigenvalue weighted by atomic mass is 79.9. The lowest BCUT2D eigenvalue weighted by molar-refractivity contribution is 0.913. The van der Waals surface area contributed by atoms with E-state index in [1.165, 1.54) is 11.8 Å². The Bertz CT molecular complexity index is 486. The minimum absolute atomic E-state index is 0.0760. The first kappa shape index (κ1) is 11.6. The van der Waals surface area contributed by atoms with E-state index < -0.39 is 0 Å². The summed E-state index contributed by atoms with van der Waals surface area (Å²) >= 11 is 10.2. The zero-order chi connectivity index (χ0) is 11.5. The summed E-state index contributed by atoms with van der Waals surface area (Å²) in [4.78, 5) is 15.7. The molecule has 5 nitrogen and oxygen atoms in total. The lowest BCUT2D eigenvalue weighted by Crippen LogP contribution is -1.99. The molecule has 0 amide bonds. The Morgan fingerprint density at radius 3 is 2.69 bits per heavy atom. The van der Waals surface area contributed by atoms with Crippen LogP contribution >= 0.6 is 39.3 Å². The van der Waals surface area contributed by atoms with E-state index in [4.69, 9.17) is 17.3 Å². The fourth-order valence-corrected chi connectivity index (χ4v) is 2.06. The van der Waals surface area contributed by atoms with Gasteiger partial charge >= 0.3 is 0 Å². The fraction of sp³-hybridized carbons (Fsp3) is 0. The highest BCUT2D eigenvalue weighted by Gasteiger charge is 2.05. The van der Waals surface area contributed by atoms with E-state index in [-0.39, 0.29) is 11.2 Å². The molecule has 2 aromatic rings. The molecule has 0 saturated carbocycles. The average Bonchev–Trinajstić information content (AvgIpc) is 2.20. The van der Waals surface area contributed by atoms with Gasteiger partial charge in [-0.2, -0.15) is 15.0 Å². The van der Waals surface area contributed by atoms with Crippen LogP contribution in [0.25, 0.3) is 0 Å². The third kappa shape index (κ3) is 3.03. The Morgan fingerprint density at radius 2 is 2.06 bits per heavy atom. The molecule has 0 aliphatic carbocycles. The van der Waals surface area contributed by atoms with Crippen molar-refractivity contribution in [2.45, 2.75) is 10.2 Å². The molecule has 0 spiro atoms. The summed E-state index contributed by atoms with van der Waals surface area (Å²) < 4.78 is 0.907. The van der Waals surface area contributed by atoms with E-state index in [1.54, 1.807) is 6.20 Å². The summed E-state index contributed by atoms with van der Waals surface area (Å²) in [5.74, 6) is 0.0969. The van der Waals surface area contributed by atoms with Crippen molar-refractivity contribution in [2.75, 3.05) is 5.73 Å². The normalized spacial score (nSPS) is 10.4. The van der Waals surface area contributed by atoms with Gasteiger partial charge in [-0.05, 0) is 51.4 Å². The first-order valence-corrected chi connectivity index (χ1v) is 6.09. The molecular weight excluding hydrogens is 314 g/mol. The summed E-state index contributed by atoms with van der Waals surface area (Å²) in [6, 6.07) is 3.71. The lowest BCUT2D eigenvalue weighted by atomic mass is 10.5. The first-order chi connectivity index (χ1) is 7.63. The van der Waals surface area contributed by atoms with E-state index in [0.717, 1.165) is 9.50 Å². The number of nitrogens with zero attached hydrogens (tertiary/aromatic N) is 4. The van der Waals surface area contributed by atoms with Gasteiger partial charge in [0.1, 0.15) is 5.03 Å². The molecule has 0 saturated heterocycles. The van der Waals surface area contributed by atoms with Crippen LogP contribution in [-0.2, 0) is 0 Å². The van der Waals surface area contributed by atoms with E-state index in [1.807, 2.05) is 12.1 Å². The predicted molar refractivity (Wildman–Crippen MR) is 65.3 cm³/mol. The molecule has 0 radical (unpaired) electrons. The van der Waals surface area contributed by atoms with Crippen molar-refractivity contribution < 1.29 is 0 Å². The highest BCUT2D eigenvalue weighted by Crippen LogP contribution is 2.24. The van der Waals surface area contributed by atoms with Crippen molar-refractivity contribution in [2.24, 2.45) is 0 Å². The van der Waals surface area contributed by atoms with Gasteiger partial charge in [-0.15, -0.1) is 0 Å². The van der Waals surface area contributed by atoms with Gasteiger partial charge in [0.2, 0.25) is 11.2 Å². The van der Waals surface area contributed by atoms with Crippen LogP contribution in [0.15, 0.2) is 33.0 Å². The third-order valence-electron chi connectivity index (χ3n) is 1.50. The summed E-state index contributed by atoms with van der Waals surface area (Å²) in [6.45, 7) is 0. The summed E-state index contributed by atoms with van der Waals surface area (Å²) in [7, 11) is 0. The summed E-state index contributed by atoms with van der Waals surface area (Å²) in [6.07, 6.45) is 1.69. The maximum absolute atomic E-state index is 5.66. The van der Waals surface area contributed by atoms with Crippen LogP contribution in [0.2, 0.25) is 5.28 Å². The maximum atomic E-state index is 5.66. The second-order valence-electron chi connectivity index (χ2n) is 2.66. The lowest BCUT2D eigenvalue weighted by Gasteiger charge is -2.00. The number of hydrogen-bond donors (Lipinski definition) is 1. The molecule has 0 aromatic carbocycles. The Labute approximate surface area is 109 Å². The van der Waals surface area contributed by atoms with Gasteiger partial charge in [0.05, 0.1) is 0 Å². The van der Waals surface area contributed by atoms with E-state index >= 15 is 0 Å². The quantitative estimate of drug-likeness (QED) is 0.916. The standard InChI is InChI=1S/C8H5BrClN5S/c9-4-1-2-5(12-3-4)16-8-14-6(10)13-7(11)15-8/h1-3H,(H2,11,13,14,15). The second kappa shape index (κ2) is 4.94. The number of nitrogens with two attached hydrogens (primary N) is 1. The van der Waals surface area contributed by atoms with Gasteiger partial charge in [0, 0.05) is 10.7 Å². The zero-order valence-electron chi connectivity index (χ0n) is 7.76. The van der Waals surface area contributed by atoms with Crippen molar-refractivity contribution in [1.82, 2.24) is 19.9 Å². The molecule has 0 atom stereocenters. The number of hydrogen-bond acceptors (Lipinski definition) is 6. The summed E-state index contributed by atoms with van der Waals surface area (Å²) in [5.41, 5.74) is 5.45. The van der Waals surface area contributed by atoms with Crippen LogP contribution < -0.4 is 5.73 Å². The predicted octanol–water partition coefficient (Wildman–Crippen LogP) is 2.42. The van der Waals surface area contributed by atoms with Gasteiger partial charge in [-0.25, -0.2) is 4.98 Å². The van der Waals surface area contributed by atoms with Gasteiger partial charge in [-0.1, -0.05) is 0 Å². The monoisotopic (exact) mass is 317 g/mol. The Hall–Kier alpha value is -0.920. The number of pyridine rings is 1. The molecule has 2 heterocycles. The Kier molecular flexibility index (Phi) is 3.57. The number of anilines is 1. The molecule has 0 aliphatic rings. The first-order valence-electron chi connectivity index (χ1n) is 4.10. The van der Waals surface area contributed by atoms with Gasteiger partial charge in [-0.3, -0.25) is 0 Å². The average molecular weight is 319 g/mol. The molecule has 0 unspecified atom stereocenters. The smallest absolute Gasteiger partial charge is 0.228 e. The van der Waals surface area contributed by atoms with E-state index in [9.17, 15) is 0 Å². The molecule has 0 fully saturated rings. The van der Waals surface area contributed by atoms with Crippen molar-refractivity contribution in [1.29, 1.82) is 0 Å². The van der Waals surface area contributed by atoms with Gasteiger partial charge in [0.25, 0.3) is 0 Å². The molecule has 2 rings (SSSR count). The number of aromatic nitrogens is 4. The van der Waals surface area contributed by atoms with Crippen LogP contribution in [0.5, 0.6) is 0 Å². The molecule has 8 heteroatoms. The van der Waals surface area contributed by atoms with Crippen LogP contribution in [0.3, 0.4) is 0 Å². The third-order valence-corrected chi connectivity index (χ3v) is 2.95. The van der Waals surface area contributed by atoms with Crippen LogP contribution in [0.1, 0.15) is 0 Å². The maximum Gasteiger partial charge on any atom is 0.228 e. The zero-order valence-corrected chi connectivity index (χ0v) is 10.9. The summed E-state index contributed by atoms with van der Waals surface area (Å²) in [5, 5.41) is 1.25. The molecule has 82 valence electrons. The molecule has 2 N–H and O–H groups in total. The van der Waals surface area contributed by atoms with Crippen LogP contribution in [0.4, 0.5) is 5.95 Å².